The number of hydrogen-bond acceptors (Lipinski definition) is 4. The molecule has 0 aliphatic heterocycles. The summed E-state index contributed by atoms with van der Waals surface area (Å²) >= 11 is 7.53. The Morgan fingerprint density at radius 1 is 1.19 bits per heavy atom. The van der Waals surface area contributed by atoms with Crippen LogP contribution in [0.3, 0.4) is 0 Å². The average molecular weight is 409 g/mol. The first-order valence-electron chi connectivity index (χ1n) is 7.89. The summed E-state index contributed by atoms with van der Waals surface area (Å²) in [6, 6.07) is 12.1. The summed E-state index contributed by atoms with van der Waals surface area (Å²) in [6.45, 7) is 1.88. The van der Waals surface area contributed by atoms with Gasteiger partial charge in [0.25, 0.3) is 0 Å². The number of sulfone groups is 1. The van der Waals surface area contributed by atoms with Crippen LogP contribution in [0, 0.1) is 6.92 Å². The van der Waals surface area contributed by atoms with Gasteiger partial charge in [-0.15, -0.1) is 0 Å². The molecule has 0 aliphatic rings. The maximum atomic E-state index is 12.3. The van der Waals surface area contributed by atoms with Crippen molar-refractivity contribution in [3.05, 3.63) is 57.9 Å². The number of aryl methyl sites for hydroxylation is 2. The Balaban J connectivity index is 1.81. The van der Waals surface area contributed by atoms with Gasteiger partial charge in [-0.25, -0.2) is 8.42 Å². The van der Waals surface area contributed by atoms with Crippen LogP contribution < -0.4 is 4.80 Å². The fraction of sp³-hybridized carbons (Fsp3) is 0.222. The number of carbonyl (C=O) groups is 1. The van der Waals surface area contributed by atoms with Crippen molar-refractivity contribution in [3.63, 3.8) is 0 Å². The molecule has 0 atom stereocenters. The monoisotopic (exact) mass is 408 g/mol. The fourth-order valence-electron chi connectivity index (χ4n) is 2.51. The minimum absolute atomic E-state index is 0.168. The van der Waals surface area contributed by atoms with Gasteiger partial charge in [0, 0.05) is 13.5 Å². The average Bonchev–Trinajstić information content (AvgIpc) is 2.91. The van der Waals surface area contributed by atoms with E-state index in [1.807, 2.05) is 19.1 Å². The molecule has 1 aromatic heterocycles. The number of amides is 1. The van der Waals surface area contributed by atoms with Crippen LogP contribution in [0.5, 0.6) is 0 Å². The second kappa shape index (κ2) is 7.34. The van der Waals surface area contributed by atoms with Crippen LogP contribution >= 0.6 is 22.9 Å². The Morgan fingerprint density at radius 2 is 1.88 bits per heavy atom. The fourth-order valence-corrected chi connectivity index (χ4v) is 5.16. The van der Waals surface area contributed by atoms with Gasteiger partial charge in [0.1, 0.15) is 0 Å². The molecule has 0 radical (unpaired) electrons. The quantitative estimate of drug-likeness (QED) is 0.663. The molecule has 0 fully saturated rings. The Morgan fingerprint density at radius 3 is 2.54 bits per heavy atom. The number of aromatic nitrogens is 1. The topological polar surface area (TPSA) is 68.5 Å². The molecule has 0 saturated carbocycles. The number of nitrogens with zero attached hydrogens (tertiary/aromatic N) is 2. The molecule has 136 valence electrons. The predicted octanol–water partition coefficient (Wildman–Crippen LogP) is 3.49. The van der Waals surface area contributed by atoms with Crippen LogP contribution in [-0.2, 0) is 21.7 Å². The number of halogens is 1. The third-order valence-corrected chi connectivity index (χ3v) is 7.09. The highest BCUT2D eigenvalue weighted by Gasteiger charge is 2.16. The molecule has 0 aliphatic carbocycles. The summed E-state index contributed by atoms with van der Waals surface area (Å²) in [5.41, 5.74) is 1.78. The van der Waals surface area contributed by atoms with Crippen molar-refractivity contribution >= 4 is 48.9 Å². The maximum absolute atomic E-state index is 12.3. The van der Waals surface area contributed by atoms with Crippen LogP contribution in [-0.4, -0.2) is 24.6 Å². The van der Waals surface area contributed by atoms with Gasteiger partial charge in [-0.1, -0.05) is 46.7 Å². The van der Waals surface area contributed by atoms with E-state index in [0.717, 1.165) is 15.8 Å². The van der Waals surface area contributed by atoms with E-state index < -0.39 is 15.7 Å². The molecule has 0 bridgehead atoms. The van der Waals surface area contributed by atoms with Crippen molar-refractivity contribution in [2.24, 2.45) is 12.0 Å². The number of fused-ring (bicyclic) bond motifs is 1. The largest absolute Gasteiger partial charge is 0.318 e. The van der Waals surface area contributed by atoms with Gasteiger partial charge in [-0.2, -0.15) is 4.99 Å². The van der Waals surface area contributed by atoms with Crippen molar-refractivity contribution in [1.29, 1.82) is 0 Å². The molecular formula is C18H17ClN2O3S2. The van der Waals surface area contributed by atoms with Crippen LogP contribution in [0.1, 0.15) is 12.0 Å². The molecule has 0 spiro atoms. The summed E-state index contributed by atoms with van der Waals surface area (Å²) < 4.78 is 27.3. The second-order valence-electron chi connectivity index (χ2n) is 5.92. The van der Waals surface area contributed by atoms with Crippen molar-refractivity contribution < 1.29 is 13.2 Å². The van der Waals surface area contributed by atoms with Crippen LogP contribution in [0.4, 0.5) is 0 Å². The third kappa shape index (κ3) is 3.90. The molecule has 1 amide bonds. The molecular weight excluding hydrogens is 392 g/mol. The number of carbonyl (C=O) groups excluding carboxylic acids is 1. The van der Waals surface area contributed by atoms with E-state index >= 15 is 0 Å². The standard InChI is InChI=1S/C18H17ClN2O3S2/c1-12-6-8-13(9-7-12)26(23,24)11-10-16(22)20-18-21(2)17-14(19)4-3-5-15(17)25-18/h3-9H,10-11H2,1-2H3. The van der Waals surface area contributed by atoms with Gasteiger partial charge in [0.15, 0.2) is 14.6 Å². The van der Waals surface area contributed by atoms with Crippen molar-refractivity contribution in [2.45, 2.75) is 18.2 Å². The van der Waals surface area contributed by atoms with Gasteiger partial charge in [-0.05, 0) is 31.2 Å². The normalized spacial score (nSPS) is 12.7. The van der Waals surface area contributed by atoms with Crippen molar-refractivity contribution in [2.75, 3.05) is 5.75 Å². The summed E-state index contributed by atoms with van der Waals surface area (Å²) in [6.07, 6.45) is -0.168. The van der Waals surface area contributed by atoms with Crippen molar-refractivity contribution in [3.8, 4) is 0 Å². The summed E-state index contributed by atoms with van der Waals surface area (Å²) in [5, 5.41) is 0.581. The third-order valence-electron chi connectivity index (χ3n) is 3.96. The lowest BCUT2D eigenvalue weighted by Crippen LogP contribution is -2.16. The highest BCUT2D eigenvalue weighted by molar-refractivity contribution is 7.91. The van der Waals surface area contributed by atoms with Gasteiger partial charge < -0.3 is 4.57 Å². The zero-order valence-corrected chi connectivity index (χ0v) is 16.7. The zero-order valence-electron chi connectivity index (χ0n) is 14.3. The molecule has 3 rings (SSSR count). The lowest BCUT2D eigenvalue weighted by molar-refractivity contribution is -0.117. The summed E-state index contributed by atoms with van der Waals surface area (Å²) in [7, 11) is -1.73. The van der Waals surface area contributed by atoms with Crippen LogP contribution in [0.25, 0.3) is 10.2 Å². The first-order valence-corrected chi connectivity index (χ1v) is 10.7. The summed E-state index contributed by atoms with van der Waals surface area (Å²) in [4.78, 5) is 17.0. The molecule has 1 heterocycles. The molecule has 5 nitrogen and oxygen atoms in total. The van der Waals surface area contributed by atoms with E-state index in [1.165, 1.54) is 11.3 Å². The number of rotatable bonds is 4. The van der Waals surface area contributed by atoms with E-state index in [4.69, 9.17) is 11.6 Å². The highest BCUT2D eigenvalue weighted by Crippen LogP contribution is 2.24. The SMILES string of the molecule is Cc1ccc(S(=O)(=O)CCC(=O)N=c2sc3cccc(Cl)c3n2C)cc1. The molecule has 3 aromatic rings. The Kier molecular flexibility index (Phi) is 5.32. The van der Waals surface area contributed by atoms with Gasteiger partial charge >= 0.3 is 0 Å². The number of thiazole rings is 1. The predicted molar refractivity (Wildman–Crippen MR) is 104 cm³/mol. The molecule has 0 saturated heterocycles. The Bertz CT molecular complexity index is 1140. The number of hydrogen-bond donors (Lipinski definition) is 0. The highest BCUT2D eigenvalue weighted by atomic mass is 35.5. The minimum atomic E-state index is -3.51. The van der Waals surface area contributed by atoms with E-state index in [2.05, 4.69) is 4.99 Å². The maximum Gasteiger partial charge on any atom is 0.249 e. The summed E-state index contributed by atoms with van der Waals surface area (Å²) in [5.74, 6) is -0.743. The first-order chi connectivity index (χ1) is 12.3. The molecule has 0 unspecified atom stereocenters. The van der Waals surface area contributed by atoms with Crippen molar-refractivity contribution in [1.82, 2.24) is 4.57 Å². The Hall–Kier alpha value is -1.96. The van der Waals surface area contributed by atoms with Gasteiger partial charge in [-0.3, -0.25) is 4.79 Å². The van der Waals surface area contributed by atoms with Crippen LogP contribution in [0.2, 0.25) is 5.02 Å². The number of benzene rings is 2. The minimum Gasteiger partial charge on any atom is -0.318 e. The van der Waals surface area contributed by atoms with E-state index in [9.17, 15) is 13.2 Å². The molecule has 0 N–H and O–H groups in total. The second-order valence-corrected chi connectivity index (χ2v) is 9.44. The lowest BCUT2D eigenvalue weighted by atomic mass is 10.2. The molecule has 26 heavy (non-hydrogen) atoms. The van der Waals surface area contributed by atoms with E-state index in [-0.39, 0.29) is 17.1 Å². The van der Waals surface area contributed by atoms with E-state index in [0.29, 0.717) is 9.82 Å². The zero-order chi connectivity index (χ0) is 18.9. The van der Waals surface area contributed by atoms with Crippen LogP contribution in [0.15, 0.2) is 52.4 Å². The smallest absolute Gasteiger partial charge is 0.249 e. The molecule has 2 aromatic carbocycles. The Labute approximate surface area is 160 Å². The number of para-hydroxylation sites is 1. The lowest BCUT2D eigenvalue weighted by Gasteiger charge is -2.03. The van der Waals surface area contributed by atoms with E-state index in [1.54, 1.807) is 41.9 Å². The van der Waals surface area contributed by atoms with Gasteiger partial charge in [0.05, 0.1) is 25.9 Å². The first kappa shape index (κ1) is 18.8. The van der Waals surface area contributed by atoms with Gasteiger partial charge in [0.2, 0.25) is 5.91 Å². The molecule has 8 heteroatoms.